The molecule has 2 rings (SSSR count). The quantitative estimate of drug-likeness (QED) is 0.550. The molecule has 5 nitrogen and oxygen atoms in total. The highest BCUT2D eigenvalue weighted by molar-refractivity contribution is 5.82. The zero-order chi connectivity index (χ0) is 10.7. The van der Waals surface area contributed by atoms with Gasteiger partial charge in [-0.05, 0) is 18.8 Å². The molecule has 86 valence electrons. The van der Waals surface area contributed by atoms with Crippen molar-refractivity contribution in [2.45, 2.75) is 24.9 Å². The van der Waals surface area contributed by atoms with E-state index >= 15 is 0 Å². The highest BCUT2D eigenvalue weighted by Crippen LogP contribution is 2.32. The third-order valence-electron chi connectivity index (χ3n) is 3.01. The molecule has 4 N–H and O–H groups in total. The molecule has 2 fully saturated rings. The van der Waals surface area contributed by atoms with Crippen molar-refractivity contribution in [3.8, 4) is 0 Å². The molecular weight excluding hydrogens is 194 g/mol. The second kappa shape index (κ2) is 4.92. The smallest absolute Gasteiger partial charge is 0.239 e. The number of rotatable bonds is 4. The van der Waals surface area contributed by atoms with Crippen molar-refractivity contribution in [3.05, 3.63) is 0 Å². The van der Waals surface area contributed by atoms with E-state index in [2.05, 4.69) is 10.6 Å². The average Bonchev–Trinajstić information content (AvgIpc) is 3.10. The van der Waals surface area contributed by atoms with Gasteiger partial charge in [0.15, 0.2) is 0 Å². The van der Waals surface area contributed by atoms with Crippen LogP contribution in [0.1, 0.15) is 12.8 Å². The number of nitrogens with one attached hydrogen (secondary N) is 2. The first kappa shape index (κ1) is 10.9. The van der Waals surface area contributed by atoms with Gasteiger partial charge in [-0.25, -0.2) is 0 Å². The first-order valence-electron chi connectivity index (χ1n) is 5.63. The Bertz CT molecular complexity index is 225. The fourth-order valence-electron chi connectivity index (χ4n) is 1.88. The minimum Gasteiger partial charge on any atom is -0.378 e. The summed E-state index contributed by atoms with van der Waals surface area (Å²) in [7, 11) is 0. The minimum absolute atomic E-state index is 0.0250. The van der Waals surface area contributed by atoms with Crippen LogP contribution in [0.25, 0.3) is 0 Å². The van der Waals surface area contributed by atoms with Crippen LogP contribution in [-0.4, -0.2) is 44.3 Å². The largest absolute Gasteiger partial charge is 0.378 e. The minimum atomic E-state index is -0.202. The highest BCUT2D eigenvalue weighted by atomic mass is 16.5. The van der Waals surface area contributed by atoms with Gasteiger partial charge >= 0.3 is 0 Å². The molecule has 1 amide bonds. The van der Waals surface area contributed by atoms with Crippen LogP contribution in [0.15, 0.2) is 0 Å². The summed E-state index contributed by atoms with van der Waals surface area (Å²) < 4.78 is 5.24. The van der Waals surface area contributed by atoms with E-state index in [0.717, 1.165) is 6.54 Å². The van der Waals surface area contributed by atoms with E-state index in [1.165, 1.54) is 12.8 Å². The lowest BCUT2D eigenvalue weighted by Crippen LogP contribution is -2.54. The molecule has 5 heteroatoms. The normalized spacial score (nSPS) is 28.5. The molecule has 0 aromatic heterocycles. The van der Waals surface area contributed by atoms with Crippen LogP contribution in [-0.2, 0) is 9.53 Å². The van der Waals surface area contributed by atoms with Crippen LogP contribution < -0.4 is 16.4 Å². The van der Waals surface area contributed by atoms with Gasteiger partial charge in [0, 0.05) is 19.1 Å². The maximum absolute atomic E-state index is 11.8. The Labute approximate surface area is 89.7 Å². The molecule has 2 atom stereocenters. The number of nitrogens with two attached hydrogens (primary N) is 1. The van der Waals surface area contributed by atoms with Crippen LogP contribution in [0, 0.1) is 5.92 Å². The molecule has 0 aromatic rings. The lowest BCUT2D eigenvalue weighted by molar-refractivity contribution is -0.126. The molecule has 1 saturated heterocycles. The number of morpholine rings is 1. The van der Waals surface area contributed by atoms with Gasteiger partial charge in [-0.1, -0.05) is 0 Å². The molecule has 0 radical (unpaired) electrons. The Kier molecular flexibility index (Phi) is 3.56. The second-order valence-corrected chi connectivity index (χ2v) is 4.27. The zero-order valence-electron chi connectivity index (χ0n) is 8.87. The molecule has 15 heavy (non-hydrogen) atoms. The lowest BCUT2D eigenvalue weighted by Gasteiger charge is -2.25. The fourth-order valence-corrected chi connectivity index (χ4v) is 1.88. The van der Waals surface area contributed by atoms with E-state index in [4.69, 9.17) is 10.5 Å². The van der Waals surface area contributed by atoms with Crippen LogP contribution in [0.4, 0.5) is 0 Å². The molecule has 1 aliphatic heterocycles. The number of ether oxygens (including phenoxy) is 1. The monoisotopic (exact) mass is 213 g/mol. The van der Waals surface area contributed by atoms with Crippen LogP contribution in [0.2, 0.25) is 0 Å². The summed E-state index contributed by atoms with van der Waals surface area (Å²) in [5, 5.41) is 6.12. The third-order valence-corrected chi connectivity index (χ3v) is 3.01. The van der Waals surface area contributed by atoms with Gasteiger partial charge in [-0.2, -0.15) is 0 Å². The van der Waals surface area contributed by atoms with E-state index < -0.39 is 0 Å². The van der Waals surface area contributed by atoms with E-state index in [1.54, 1.807) is 0 Å². The van der Waals surface area contributed by atoms with Gasteiger partial charge < -0.3 is 21.1 Å². The predicted octanol–water partition coefficient (Wildman–Crippen LogP) is -1.17. The summed E-state index contributed by atoms with van der Waals surface area (Å²) in [6, 6.07) is -0.0484. The molecule has 2 unspecified atom stereocenters. The van der Waals surface area contributed by atoms with Crippen LogP contribution >= 0.6 is 0 Å². The van der Waals surface area contributed by atoms with Crippen molar-refractivity contribution >= 4 is 5.91 Å². The van der Waals surface area contributed by atoms with Crippen molar-refractivity contribution in [3.63, 3.8) is 0 Å². The maximum atomic E-state index is 11.8. The summed E-state index contributed by atoms with van der Waals surface area (Å²) in [6.07, 6.45) is 2.38. The van der Waals surface area contributed by atoms with Gasteiger partial charge in [0.1, 0.15) is 6.04 Å². The Balaban J connectivity index is 1.78. The summed E-state index contributed by atoms with van der Waals surface area (Å²) in [4.78, 5) is 11.8. The molecule has 1 heterocycles. The number of hydrogen-bond donors (Lipinski definition) is 3. The van der Waals surface area contributed by atoms with E-state index in [0.29, 0.717) is 25.7 Å². The average molecular weight is 213 g/mol. The topological polar surface area (TPSA) is 76.4 Å². The molecule has 2 aliphatic rings. The number of carbonyl (C=O) groups excluding carboxylic acids is 1. The fraction of sp³-hybridized carbons (Fsp3) is 0.900. The van der Waals surface area contributed by atoms with E-state index in [1.807, 2.05) is 0 Å². The Morgan fingerprint density at radius 1 is 1.60 bits per heavy atom. The van der Waals surface area contributed by atoms with Gasteiger partial charge in [0.05, 0.1) is 13.2 Å². The number of carbonyl (C=O) groups is 1. The maximum Gasteiger partial charge on any atom is 0.239 e. The molecule has 1 saturated carbocycles. The molecule has 0 spiro atoms. The van der Waals surface area contributed by atoms with Crippen molar-refractivity contribution < 1.29 is 9.53 Å². The van der Waals surface area contributed by atoms with Crippen LogP contribution in [0.3, 0.4) is 0 Å². The number of amides is 1. The molecular formula is C10H19N3O2. The van der Waals surface area contributed by atoms with Crippen LogP contribution in [0.5, 0.6) is 0 Å². The van der Waals surface area contributed by atoms with Crippen molar-refractivity contribution in [1.29, 1.82) is 0 Å². The highest BCUT2D eigenvalue weighted by Gasteiger charge is 2.33. The Morgan fingerprint density at radius 2 is 2.40 bits per heavy atom. The van der Waals surface area contributed by atoms with Crippen molar-refractivity contribution in [1.82, 2.24) is 10.6 Å². The zero-order valence-corrected chi connectivity index (χ0v) is 8.87. The predicted molar refractivity (Wildman–Crippen MR) is 56.3 cm³/mol. The van der Waals surface area contributed by atoms with Gasteiger partial charge in [-0.3, -0.25) is 4.79 Å². The Morgan fingerprint density at radius 3 is 2.93 bits per heavy atom. The summed E-state index contributed by atoms with van der Waals surface area (Å²) >= 11 is 0. The summed E-state index contributed by atoms with van der Waals surface area (Å²) in [6.45, 7) is 2.43. The lowest BCUT2D eigenvalue weighted by atomic mass is 10.1. The van der Waals surface area contributed by atoms with Crippen molar-refractivity contribution in [2.75, 3.05) is 26.3 Å². The van der Waals surface area contributed by atoms with E-state index in [9.17, 15) is 4.79 Å². The standard InChI is InChI=1S/C10H19N3O2/c11-5-8(7-1-2-7)13-10(14)9-6-15-4-3-12-9/h7-9,12H,1-6,11H2,(H,13,14). The van der Waals surface area contributed by atoms with Gasteiger partial charge in [0.25, 0.3) is 0 Å². The summed E-state index contributed by atoms with van der Waals surface area (Å²) in [5.41, 5.74) is 5.63. The second-order valence-electron chi connectivity index (χ2n) is 4.27. The van der Waals surface area contributed by atoms with Crippen molar-refractivity contribution in [2.24, 2.45) is 11.7 Å². The van der Waals surface area contributed by atoms with Gasteiger partial charge in [-0.15, -0.1) is 0 Å². The first-order chi connectivity index (χ1) is 7.31. The van der Waals surface area contributed by atoms with Gasteiger partial charge in [0.2, 0.25) is 5.91 Å². The molecule has 1 aliphatic carbocycles. The molecule has 0 bridgehead atoms. The molecule has 0 aromatic carbocycles. The SMILES string of the molecule is NCC(NC(=O)C1COCCN1)C1CC1. The number of hydrogen-bond acceptors (Lipinski definition) is 4. The first-order valence-corrected chi connectivity index (χ1v) is 5.63. The van der Waals surface area contributed by atoms with E-state index in [-0.39, 0.29) is 18.0 Å². The summed E-state index contributed by atoms with van der Waals surface area (Å²) in [5.74, 6) is 0.625. The Hall–Kier alpha value is -0.650. The third kappa shape index (κ3) is 2.90.